The predicted molar refractivity (Wildman–Crippen MR) is 133 cm³/mol. The normalized spacial score (nSPS) is 19.3. The maximum absolute atomic E-state index is 12.8. The molecule has 5 rings (SSSR count). The van der Waals surface area contributed by atoms with Crippen molar-refractivity contribution in [1.82, 2.24) is 19.2 Å². The molecule has 0 saturated carbocycles. The van der Waals surface area contributed by atoms with Crippen LogP contribution in [0.25, 0.3) is 11.3 Å². The van der Waals surface area contributed by atoms with Gasteiger partial charge in [-0.2, -0.15) is 0 Å². The van der Waals surface area contributed by atoms with Gasteiger partial charge in [0.2, 0.25) is 17.2 Å². The average Bonchev–Trinajstić information content (AvgIpc) is 3.46. The Balaban J connectivity index is 1.13. The fraction of sp³-hybridized carbons (Fsp3) is 0.385. The number of rotatable bonds is 8. The molecule has 0 bridgehead atoms. The highest BCUT2D eigenvalue weighted by Gasteiger charge is 2.33. The molecule has 1 aromatic heterocycles. The summed E-state index contributed by atoms with van der Waals surface area (Å²) in [5, 5.41) is 11.1. The number of piperidine rings is 1. The molecule has 0 spiro atoms. The summed E-state index contributed by atoms with van der Waals surface area (Å²) in [7, 11) is 0. The van der Waals surface area contributed by atoms with Crippen LogP contribution >= 0.6 is 0 Å². The summed E-state index contributed by atoms with van der Waals surface area (Å²) in [5.41, 5.74) is 5.33. The Bertz CT molecular complexity index is 1200. The van der Waals surface area contributed by atoms with E-state index in [2.05, 4.69) is 26.4 Å². The maximum Gasteiger partial charge on any atom is 0.232 e. The van der Waals surface area contributed by atoms with Crippen LogP contribution in [-0.4, -0.2) is 53.4 Å². The quantitative estimate of drug-likeness (QED) is 0.418. The zero-order valence-corrected chi connectivity index (χ0v) is 20.2. The molecule has 1 saturated heterocycles. The molecule has 35 heavy (non-hydrogen) atoms. The number of imidazole rings is 1. The van der Waals surface area contributed by atoms with Crippen molar-refractivity contribution in [2.45, 2.75) is 44.4 Å². The Morgan fingerprint density at radius 2 is 1.83 bits per heavy atom. The molecule has 1 amide bonds. The summed E-state index contributed by atoms with van der Waals surface area (Å²) >= 11 is -2.04. The molecule has 2 aliphatic heterocycles. The molecule has 2 aromatic carbocycles. The Labute approximate surface area is 207 Å². The number of nitrogens with zero attached hydrogens (tertiary/aromatic N) is 3. The molecule has 2 aliphatic rings. The summed E-state index contributed by atoms with van der Waals surface area (Å²) in [6, 6.07) is 15.9. The van der Waals surface area contributed by atoms with E-state index < -0.39 is 17.4 Å². The summed E-state index contributed by atoms with van der Waals surface area (Å²) in [5.74, 6) is 0.260. The first-order valence-electron chi connectivity index (χ1n) is 12.0. The SMILES string of the molecule is O=C(Cc1ccc(CNS(=O)O)cc1)N1CCC(C(O)CC2c3ccccc3-c3cncn32)CC1. The minimum atomic E-state index is -2.04. The van der Waals surface area contributed by atoms with Crippen molar-refractivity contribution < 1.29 is 18.7 Å². The lowest BCUT2D eigenvalue weighted by Gasteiger charge is -2.35. The van der Waals surface area contributed by atoms with E-state index in [1.807, 2.05) is 53.8 Å². The minimum absolute atomic E-state index is 0.0908. The monoisotopic (exact) mass is 494 g/mol. The van der Waals surface area contributed by atoms with Crippen molar-refractivity contribution in [1.29, 1.82) is 0 Å². The molecular formula is C26H30N4O4S. The Morgan fingerprint density at radius 1 is 1.11 bits per heavy atom. The lowest BCUT2D eigenvalue weighted by atomic mass is 9.86. The highest BCUT2D eigenvalue weighted by molar-refractivity contribution is 7.77. The van der Waals surface area contributed by atoms with Crippen LogP contribution in [-0.2, 0) is 29.0 Å². The first-order valence-corrected chi connectivity index (χ1v) is 13.1. The van der Waals surface area contributed by atoms with Gasteiger partial charge < -0.3 is 14.6 Å². The van der Waals surface area contributed by atoms with Crippen LogP contribution in [0.15, 0.2) is 61.1 Å². The van der Waals surface area contributed by atoms with Crippen molar-refractivity contribution >= 4 is 17.2 Å². The van der Waals surface area contributed by atoms with Crippen LogP contribution in [0.1, 0.15) is 42.0 Å². The molecule has 3 unspecified atom stereocenters. The number of carbonyl (C=O) groups excluding carboxylic acids is 1. The van der Waals surface area contributed by atoms with Crippen LogP contribution in [0.3, 0.4) is 0 Å². The number of aromatic nitrogens is 2. The number of fused-ring (bicyclic) bond motifs is 3. The number of hydrogen-bond acceptors (Lipinski definition) is 4. The molecule has 0 radical (unpaired) electrons. The van der Waals surface area contributed by atoms with E-state index >= 15 is 0 Å². The zero-order valence-electron chi connectivity index (χ0n) is 19.4. The second-order valence-electron chi connectivity index (χ2n) is 9.37. The van der Waals surface area contributed by atoms with Gasteiger partial charge in [-0.15, -0.1) is 0 Å². The molecule has 184 valence electrons. The van der Waals surface area contributed by atoms with Gasteiger partial charge in [-0.1, -0.05) is 48.5 Å². The molecule has 3 atom stereocenters. The second kappa shape index (κ2) is 10.4. The van der Waals surface area contributed by atoms with Crippen molar-refractivity contribution in [3.8, 4) is 11.3 Å². The number of benzene rings is 2. The van der Waals surface area contributed by atoms with Crippen LogP contribution in [0.4, 0.5) is 0 Å². The van der Waals surface area contributed by atoms with Crippen LogP contribution < -0.4 is 4.72 Å². The lowest BCUT2D eigenvalue weighted by molar-refractivity contribution is -0.132. The summed E-state index contributed by atoms with van der Waals surface area (Å²) in [6.07, 6.45) is 5.86. The lowest BCUT2D eigenvalue weighted by Crippen LogP contribution is -2.42. The van der Waals surface area contributed by atoms with Crippen molar-refractivity contribution in [3.63, 3.8) is 0 Å². The molecule has 3 aromatic rings. The highest BCUT2D eigenvalue weighted by Crippen LogP contribution is 2.42. The molecule has 3 heterocycles. The van der Waals surface area contributed by atoms with Crippen LogP contribution in [0, 0.1) is 5.92 Å². The van der Waals surface area contributed by atoms with E-state index in [4.69, 9.17) is 4.55 Å². The number of aliphatic hydroxyl groups excluding tert-OH is 1. The molecule has 3 N–H and O–H groups in total. The van der Waals surface area contributed by atoms with Gasteiger partial charge in [-0.25, -0.2) is 13.9 Å². The first kappa shape index (κ1) is 23.9. The first-order chi connectivity index (χ1) is 17.0. The summed E-state index contributed by atoms with van der Waals surface area (Å²) in [4.78, 5) is 19.0. The Hall–Kier alpha value is -2.85. The van der Waals surface area contributed by atoms with E-state index in [-0.39, 0.29) is 17.9 Å². The molecular weight excluding hydrogens is 464 g/mol. The number of aliphatic hydroxyl groups is 1. The fourth-order valence-electron chi connectivity index (χ4n) is 5.33. The number of likely N-dealkylation sites (tertiary alicyclic amines) is 1. The van der Waals surface area contributed by atoms with Crippen molar-refractivity contribution in [2.75, 3.05) is 13.1 Å². The number of amides is 1. The summed E-state index contributed by atoms with van der Waals surface area (Å²) < 4.78 is 24.2. The van der Waals surface area contributed by atoms with E-state index in [0.717, 1.165) is 29.7 Å². The second-order valence-corrected chi connectivity index (χ2v) is 10.2. The van der Waals surface area contributed by atoms with Crippen molar-refractivity contribution in [3.05, 3.63) is 77.7 Å². The third-order valence-corrected chi connectivity index (χ3v) is 7.67. The average molecular weight is 495 g/mol. The number of hydrogen-bond donors (Lipinski definition) is 3. The van der Waals surface area contributed by atoms with E-state index in [1.165, 1.54) is 11.1 Å². The van der Waals surface area contributed by atoms with Crippen molar-refractivity contribution in [2.24, 2.45) is 5.92 Å². The van der Waals surface area contributed by atoms with Crippen LogP contribution in [0.2, 0.25) is 0 Å². The maximum atomic E-state index is 12.8. The van der Waals surface area contributed by atoms with E-state index in [1.54, 1.807) is 0 Å². The van der Waals surface area contributed by atoms with E-state index in [0.29, 0.717) is 32.5 Å². The van der Waals surface area contributed by atoms with Gasteiger partial charge in [-0.3, -0.25) is 9.35 Å². The third kappa shape index (κ3) is 5.23. The smallest absolute Gasteiger partial charge is 0.232 e. The standard InChI is InChI=1S/C26H30N4O4S/c31-25(14-23-21-3-1-2-4-22(21)24-16-27-17-30(23)24)20-9-11-29(12-10-20)26(32)13-18-5-7-19(8-6-18)15-28-35(33)34/h1-8,16-17,20,23,25,28,31H,9-15H2,(H,33,34). The van der Waals surface area contributed by atoms with Crippen LogP contribution in [0.5, 0.6) is 0 Å². The molecule has 1 fully saturated rings. The minimum Gasteiger partial charge on any atom is -0.393 e. The third-order valence-electron chi connectivity index (χ3n) is 7.28. The zero-order chi connectivity index (χ0) is 24.4. The molecule has 9 heteroatoms. The Morgan fingerprint density at radius 3 is 2.57 bits per heavy atom. The van der Waals surface area contributed by atoms with Gasteiger partial charge in [0, 0.05) is 25.2 Å². The number of nitrogens with one attached hydrogen (secondary N) is 1. The van der Waals surface area contributed by atoms with Gasteiger partial charge in [-0.05, 0) is 41.9 Å². The van der Waals surface area contributed by atoms with Gasteiger partial charge in [0.25, 0.3) is 0 Å². The van der Waals surface area contributed by atoms with Gasteiger partial charge in [0.05, 0.1) is 36.8 Å². The highest BCUT2D eigenvalue weighted by atomic mass is 32.2. The fourth-order valence-corrected chi connectivity index (χ4v) is 5.62. The van der Waals surface area contributed by atoms with Gasteiger partial charge >= 0.3 is 0 Å². The largest absolute Gasteiger partial charge is 0.393 e. The van der Waals surface area contributed by atoms with Gasteiger partial charge in [0.1, 0.15) is 0 Å². The number of carbonyl (C=O) groups is 1. The van der Waals surface area contributed by atoms with E-state index in [9.17, 15) is 14.1 Å². The topological polar surface area (TPSA) is 108 Å². The predicted octanol–water partition coefficient (Wildman–Crippen LogP) is 2.91. The summed E-state index contributed by atoms with van der Waals surface area (Å²) in [6.45, 7) is 1.60. The Kier molecular flexibility index (Phi) is 7.10. The molecule has 8 nitrogen and oxygen atoms in total. The molecule has 0 aliphatic carbocycles. The van der Waals surface area contributed by atoms with Gasteiger partial charge in [0.15, 0.2) is 0 Å².